The van der Waals surface area contributed by atoms with Gasteiger partial charge in [-0.2, -0.15) is 4.98 Å². The van der Waals surface area contributed by atoms with Gasteiger partial charge in [-0.05, 0) is 37.5 Å². The van der Waals surface area contributed by atoms with E-state index >= 15 is 0 Å². The monoisotopic (exact) mass is 328 g/mol. The maximum absolute atomic E-state index is 5.19. The SMILES string of the molecule is CCCN(CCC)c1cc(C)nc(NCc2ccc(OC)cc2)n1. The van der Waals surface area contributed by atoms with Gasteiger partial charge in [0, 0.05) is 31.4 Å². The molecule has 0 atom stereocenters. The number of rotatable bonds is 9. The van der Waals surface area contributed by atoms with Crippen molar-refractivity contribution in [2.45, 2.75) is 40.2 Å². The molecule has 0 fully saturated rings. The summed E-state index contributed by atoms with van der Waals surface area (Å²) in [6.07, 6.45) is 2.22. The van der Waals surface area contributed by atoms with Crippen LogP contribution in [0.2, 0.25) is 0 Å². The summed E-state index contributed by atoms with van der Waals surface area (Å²) in [5.41, 5.74) is 2.15. The molecule has 1 N–H and O–H groups in total. The molecule has 0 saturated heterocycles. The average Bonchev–Trinajstić information content (AvgIpc) is 2.60. The largest absolute Gasteiger partial charge is 0.497 e. The van der Waals surface area contributed by atoms with Gasteiger partial charge in [0.15, 0.2) is 0 Å². The van der Waals surface area contributed by atoms with E-state index in [9.17, 15) is 0 Å². The highest BCUT2D eigenvalue weighted by Gasteiger charge is 2.09. The van der Waals surface area contributed by atoms with Crippen LogP contribution in [0.15, 0.2) is 30.3 Å². The molecule has 0 bridgehead atoms. The van der Waals surface area contributed by atoms with Crippen LogP contribution in [0.25, 0.3) is 0 Å². The van der Waals surface area contributed by atoms with Gasteiger partial charge in [-0.3, -0.25) is 0 Å². The molecule has 5 nitrogen and oxygen atoms in total. The fourth-order valence-electron chi connectivity index (χ4n) is 2.60. The molecular formula is C19H28N4O. The highest BCUT2D eigenvalue weighted by Crippen LogP contribution is 2.17. The summed E-state index contributed by atoms with van der Waals surface area (Å²) in [5, 5.41) is 3.33. The van der Waals surface area contributed by atoms with Crippen LogP contribution in [-0.4, -0.2) is 30.2 Å². The molecule has 2 aromatic rings. The van der Waals surface area contributed by atoms with E-state index in [4.69, 9.17) is 9.72 Å². The fourth-order valence-corrected chi connectivity index (χ4v) is 2.60. The van der Waals surface area contributed by atoms with Crippen molar-refractivity contribution in [2.75, 3.05) is 30.4 Å². The van der Waals surface area contributed by atoms with Crippen molar-refractivity contribution >= 4 is 11.8 Å². The molecule has 1 aromatic heterocycles. The second-order valence-corrected chi connectivity index (χ2v) is 5.88. The Morgan fingerprint density at radius 1 is 1.04 bits per heavy atom. The molecule has 5 heteroatoms. The fraction of sp³-hybridized carbons (Fsp3) is 0.474. The predicted octanol–water partition coefficient (Wildman–Crippen LogP) is 4.03. The summed E-state index contributed by atoms with van der Waals surface area (Å²) in [5.74, 6) is 2.55. The predicted molar refractivity (Wildman–Crippen MR) is 99.9 cm³/mol. The normalized spacial score (nSPS) is 10.5. The van der Waals surface area contributed by atoms with E-state index < -0.39 is 0 Å². The van der Waals surface area contributed by atoms with Crippen molar-refractivity contribution in [3.8, 4) is 5.75 Å². The molecule has 0 aliphatic rings. The van der Waals surface area contributed by atoms with Crippen LogP contribution in [0.1, 0.15) is 37.9 Å². The Balaban J connectivity index is 2.09. The summed E-state index contributed by atoms with van der Waals surface area (Å²) in [6, 6.07) is 10.1. The molecule has 0 saturated carbocycles. The lowest BCUT2D eigenvalue weighted by Crippen LogP contribution is -2.26. The lowest BCUT2D eigenvalue weighted by molar-refractivity contribution is 0.414. The third kappa shape index (κ3) is 5.11. The van der Waals surface area contributed by atoms with Gasteiger partial charge < -0.3 is 15.0 Å². The first-order valence-electron chi connectivity index (χ1n) is 8.63. The van der Waals surface area contributed by atoms with Crippen LogP contribution in [0.5, 0.6) is 5.75 Å². The number of hydrogen-bond donors (Lipinski definition) is 1. The molecular weight excluding hydrogens is 300 g/mol. The molecule has 0 radical (unpaired) electrons. The minimum absolute atomic E-state index is 0.679. The zero-order valence-corrected chi connectivity index (χ0v) is 15.2. The minimum atomic E-state index is 0.679. The molecule has 24 heavy (non-hydrogen) atoms. The van der Waals surface area contributed by atoms with E-state index in [0.717, 1.165) is 43.2 Å². The first kappa shape index (κ1) is 18.0. The van der Waals surface area contributed by atoms with E-state index in [2.05, 4.69) is 35.1 Å². The standard InChI is InChI=1S/C19H28N4O/c1-5-11-23(12-6-2)18-13-15(3)21-19(22-18)20-14-16-7-9-17(24-4)10-8-16/h7-10,13H,5-6,11-12,14H2,1-4H3,(H,20,21,22). The van der Waals surface area contributed by atoms with Crippen LogP contribution >= 0.6 is 0 Å². The molecule has 1 aromatic carbocycles. The highest BCUT2D eigenvalue weighted by molar-refractivity contribution is 5.45. The molecule has 0 spiro atoms. The number of hydrogen-bond acceptors (Lipinski definition) is 5. The van der Waals surface area contributed by atoms with Crippen molar-refractivity contribution in [3.63, 3.8) is 0 Å². The smallest absolute Gasteiger partial charge is 0.225 e. The Labute approximate surface area is 145 Å². The van der Waals surface area contributed by atoms with Crippen LogP contribution in [0.3, 0.4) is 0 Å². The number of aromatic nitrogens is 2. The Morgan fingerprint density at radius 3 is 2.29 bits per heavy atom. The van der Waals surface area contributed by atoms with Crippen LogP contribution in [0, 0.1) is 6.92 Å². The molecule has 0 amide bonds. The lowest BCUT2D eigenvalue weighted by atomic mass is 10.2. The van der Waals surface area contributed by atoms with E-state index in [1.807, 2.05) is 31.2 Å². The Kier molecular flexibility index (Phi) is 6.85. The van der Waals surface area contributed by atoms with Crippen molar-refractivity contribution in [1.82, 2.24) is 9.97 Å². The van der Waals surface area contributed by atoms with Gasteiger partial charge in [-0.15, -0.1) is 0 Å². The summed E-state index contributed by atoms with van der Waals surface area (Å²) >= 11 is 0. The van der Waals surface area contributed by atoms with E-state index in [1.165, 1.54) is 5.56 Å². The average molecular weight is 328 g/mol. The summed E-state index contributed by atoms with van der Waals surface area (Å²) in [6.45, 7) is 9.12. The number of benzene rings is 1. The first-order valence-corrected chi connectivity index (χ1v) is 8.63. The first-order chi connectivity index (χ1) is 11.7. The Bertz CT molecular complexity index is 622. The number of anilines is 2. The lowest BCUT2D eigenvalue weighted by Gasteiger charge is -2.23. The van der Waals surface area contributed by atoms with E-state index in [-0.39, 0.29) is 0 Å². The molecule has 0 aliphatic carbocycles. The van der Waals surface area contributed by atoms with Gasteiger partial charge in [0.05, 0.1) is 7.11 Å². The van der Waals surface area contributed by atoms with Crippen molar-refractivity contribution in [3.05, 3.63) is 41.6 Å². The summed E-state index contributed by atoms with van der Waals surface area (Å²) < 4.78 is 5.19. The number of nitrogens with one attached hydrogen (secondary N) is 1. The topological polar surface area (TPSA) is 50.3 Å². The summed E-state index contributed by atoms with van der Waals surface area (Å²) in [7, 11) is 1.67. The number of nitrogens with zero attached hydrogens (tertiary/aromatic N) is 3. The maximum Gasteiger partial charge on any atom is 0.225 e. The Hall–Kier alpha value is -2.30. The number of aryl methyl sites for hydroxylation is 1. The molecule has 0 unspecified atom stereocenters. The molecule has 0 aliphatic heterocycles. The van der Waals surface area contributed by atoms with Crippen molar-refractivity contribution in [1.29, 1.82) is 0 Å². The van der Waals surface area contributed by atoms with E-state index in [0.29, 0.717) is 12.5 Å². The highest BCUT2D eigenvalue weighted by atomic mass is 16.5. The van der Waals surface area contributed by atoms with Crippen LogP contribution in [-0.2, 0) is 6.54 Å². The van der Waals surface area contributed by atoms with Gasteiger partial charge >= 0.3 is 0 Å². The van der Waals surface area contributed by atoms with E-state index in [1.54, 1.807) is 7.11 Å². The zero-order chi connectivity index (χ0) is 17.4. The van der Waals surface area contributed by atoms with Crippen LogP contribution in [0.4, 0.5) is 11.8 Å². The van der Waals surface area contributed by atoms with Gasteiger partial charge in [0.25, 0.3) is 0 Å². The van der Waals surface area contributed by atoms with Crippen molar-refractivity contribution in [2.24, 2.45) is 0 Å². The zero-order valence-electron chi connectivity index (χ0n) is 15.2. The summed E-state index contributed by atoms with van der Waals surface area (Å²) in [4.78, 5) is 11.5. The molecule has 2 rings (SSSR count). The van der Waals surface area contributed by atoms with Gasteiger partial charge in [0.2, 0.25) is 5.95 Å². The third-order valence-corrected chi connectivity index (χ3v) is 3.76. The quantitative estimate of drug-likeness (QED) is 0.753. The second kappa shape index (κ2) is 9.11. The Morgan fingerprint density at radius 2 is 1.71 bits per heavy atom. The number of methoxy groups -OCH3 is 1. The van der Waals surface area contributed by atoms with Gasteiger partial charge in [0.1, 0.15) is 11.6 Å². The molecule has 130 valence electrons. The maximum atomic E-state index is 5.19. The minimum Gasteiger partial charge on any atom is -0.497 e. The van der Waals surface area contributed by atoms with Gasteiger partial charge in [-0.25, -0.2) is 4.98 Å². The third-order valence-electron chi connectivity index (χ3n) is 3.76. The number of ether oxygens (including phenoxy) is 1. The second-order valence-electron chi connectivity index (χ2n) is 5.88. The van der Waals surface area contributed by atoms with Gasteiger partial charge in [-0.1, -0.05) is 26.0 Å². The molecule has 1 heterocycles. The van der Waals surface area contributed by atoms with Crippen LogP contribution < -0.4 is 15.0 Å². The van der Waals surface area contributed by atoms with Crippen molar-refractivity contribution < 1.29 is 4.74 Å².